The predicted octanol–water partition coefficient (Wildman–Crippen LogP) is 6.13. The van der Waals surface area contributed by atoms with Gasteiger partial charge in [-0.05, 0) is 53.6 Å². The smallest absolute Gasteiger partial charge is 0.167 e. The first-order valence-corrected chi connectivity index (χ1v) is 9.78. The molecule has 1 aliphatic heterocycles. The number of nitrogens with zero attached hydrogens (tertiary/aromatic N) is 1. The van der Waals surface area contributed by atoms with Gasteiger partial charge >= 0.3 is 0 Å². The maximum Gasteiger partial charge on any atom is 0.167 e. The molecule has 28 heavy (non-hydrogen) atoms. The SMILES string of the molecule is COc1ccc(C2C=C(c3ccccc3)N=C(Nc3ccc(F)cc3)S2)cc1. The molecule has 0 spiro atoms. The topological polar surface area (TPSA) is 33.6 Å². The highest BCUT2D eigenvalue weighted by Crippen LogP contribution is 2.39. The summed E-state index contributed by atoms with van der Waals surface area (Å²) < 4.78 is 18.5. The Morgan fingerprint density at radius 1 is 0.929 bits per heavy atom. The molecule has 0 fully saturated rings. The van der Waals surface area contributed by atoms with E-state index in [1.54, 1.807) is 31.0 Å². The lowest BCUT2D eigenvalue weighted by atomic mass is 10.1. The van der Waals surface area contributed by atoms with Crippen LogP contribution in [0.2, 0.25) is 0 Å². The summed E-state index contributed by atoms with van der Waals surface area (Å²) in [6.07, 6.45) is 2.16. The highest BCUT2D eigenvalue weighted by molar-refractivity contribution is 8.14. The van der Waals surface area contributed by atoms with Crippen molar-refractivity contribution in [2.24, 2.45) is 4.99 Å². The van der Waals surface area contributed by atoms with Gasteiger partial charge in [0.1, 0.15) is 11.6 Å². The van der Waals surface area contributed by atoms with Gasteiger partial charge in [-0.3, -0.25) is 0 Å². The molecule has 140 valence electrons. The Balaban J connectivity index is 1.66. The third kappa shape index (κ3) is 4.26. The molecule has 5 heteroatoms. The van der Waals surface area contributed by atoms with Crippen molar-refractivity contribution in [3.05, 3.63) is 102 Å². The summed E-state index contributed by atoms with van der Waals surface area (Å²) in [6, 6.07) is 24.4. The molecule has 0 bridgehead atoms. The highest BCUT2D eigenvalue weighted by atomic mass is 32.2. The molecule has 1 atom stereocenters. The van der Waals surface area contributed by atoms with Crippen LogP contribution in [0.4, 0.5) is 10.1 Å². The van der Waals surface area contributed by atoms with Gasteiger partial charge in [0.25, 0.3) is 0 Å². The van der Waals surface area contributed by atoms with Crippen LogP contribution in [0.15, 0.2) is 89.9 Å². The molecule has 0 aliphatic carbocycles. The number of hydrogen-bond donors (Lipinski definition) is 1. The van der Waals surface area contributed by atoms with Gasteiger partial charge in [-0.25, -0.2) is 9.38 Å². The average Bonchev–Trinajstić information content (AvgIpc) is 2.76. The van der Waals surface area contributed by atoms with Crippen molar-refractivity contribution in [1.82, 2.24) is 0 Å². The number of methoxy groups -OCH3 is 1. The number of ether oxygens (including phenoxy) is 1. The maximum absolute atomic E-state index is 13.2. The Hall–Kier alpha value is -3.05. The molecule has 1 N–H and O–H groups in total. The summed E-state index contributed by atoms with van der Waals surface area (Å²) in [5, 5.41) is 4.18. The number of aliphatic imine (C=N–C) groups is 1. The minimum Gasteiger partial charge on any atom is -0.497 e. The van der Waals surface area contributed by atoms with Crippen molar-refractivity contribution in [2.45, 2.75) is 5.25 Å². The van der Waals surface area contributed by atoms with E-state index in [0.29, 0.717) is 0 Å². The Bertz CT molecular complexity index is 999. The van der Waals surface area contributed by atoms with Crippen LogP contribution in [0.25, 0.3) is 5.70 Å². The number of amidine groups is 1. The summed E-state index contributed by atoms with van der Waals surface area (Å²) in [7, 11) is 1.66. The summed E-state index contributed by atoms with van der Waals surface area (Å²) >= 11 is 1.62. The van der Waals surface area contributed by atoms with Gasteiger partial charge in [0.2, 0.25) is 0 Å². The van der Waals surface area contributed by atoms with Crippen LogP contribution in [0.3, 0.4) is 0 Å². The molecule has 3 aromatic rings. The molecule has 1 unspecified atom stereocenters. The van der Waals surface area contributed by atoms with Crippen molar-refractivity contribution in [3.63, 3.8) is 0 Å². The van der Waals surface area contributed by atoms with Crippen LogP contribution in [0.1, 0.15) is 16.4 Å². The van der Waals surface area contributed by atoms with E-state index in [-0.39, 0.29) is 11.1 Å². The average molecular weight is 390 g/mol. The minimum atomic E-state index is -0.259. The Morgan fingerprint density at radius 3 is 2.32 bits per heavy atom. The number of benzene rings is 3. The Morgan fingerprint density at radius 2 is 1.64 bits per heavy atom. The van der Waals surface area contributed by atoms with Crippen molar-refractivity contribution < 1.29 is 9.13 Å². The number of halogens is 1. The van der Waals surface area contributed by atoms with Crippen LogP contribution >= 0.6 is 11.8 Å². The molecule has 4 rings (SSSR count). The van der Waals surface area contributed by atoms with E-state index in [0.717, 1.165) is 33.4 Å². The first-order chi connectivity index (χ1) is 13.7. The van der Waals surface area contributed by atoms with Crippen molar-refractivity contribution in [2.75, 3.05) is 12.4 Å². The number of nitrogens with one attached hydrogen (secondary N) is 1. The van der Waals surface area contributed by atoms with Crippen LogP contribution in [-0.2, 0) is 0 Å². The van der Waals surface area contributed by atoms with E-state index in [1.165, 1.54) is 12.1 Å². The summed E-state index contributed by atoms with van der Waals surface area (Å²) in [5.41, 5.74) is 3.92. The molecular formula is C23H19FN2OS. The summed E-state index contributed by atoms with van der Waals surface area (Å²) in [4.78, 5) is 4.79. The standard InChI is InChI=1S/C23H19FN2OS/c1-27-20-13-7-17(8-14-20)22-15-21(16-5-3-2-4-6-16)26-23(28-22)25-19-11-9-18(24)10-12-19/h2-15,22H,1H3,(H,25,26). The Kier molecular flexibility index (Phi) is 5.44. The highest BCUT2D eigenvalue weighted by Gasteiger charge is 2.20. The van der Waals surface area contributed by atoms with Gasteiger partial charge in [0, 0.05) is 5.69 Å². The predicted molar refractivity (Wildman–Crippen MR) is 115 cm³/mol. The molecule has 0 radical (unpaired) electrons. The fraction of sp³-hybridized carbons (Fsp3) is 0.0870. The van der Waals surface area contributed by atoms with Crippen molar-refractivity contribution >= 4 is 28.3 Å². The Labute approximate surface area is 168 Å². The van der Waals surface area contributed by atoms with Gasteiger partial charge in [-0.2, -0.15) is 0 Å². The lowest BCUT2D eigenvalue weighted by Crippen LogP contribution is -2.13. The van der Waals surface area contributed by atoms with Crippen molar-refractivity contribution in [3.8, 4) is 5.75 Å². The maximum atomic E-state index is 13.2. The normalized spacial score (nSPS) is 16.1. The summed E-state index contributed by atoms with van der Waals surface area (Å²) in [6.45, 7) is 0. The van der Waals surface area contributed by atoms with Gasteiger partial charge in [0.05, 0.1) is 18.1 Å². The van der Waals surface area contributed by atoms with Gasteiger partial charge in [-0.15, -0.1) is 0 Å². The van der Waals surface area contributed by atoms with Crippen molar-refractivity contribution in [1.29, 1.82) is 0 Å². The lowest BCUT2D eigenvalue weighted by Gasteiger charge is -2.22. The van der Waals surface area contributed by atoms with Crippen LogP contribution < -0.4 is 10.1 Å². The molecule has 3 nitrogen and oxygen atoms in total. The fourth-order valence-corrected chi connectivity index (χ4v) is 3.97. The third-order valence-electron chi connectivity index (χ3n) is 4.38. The van der Waals surface area contributed by atoms with E-state index in [1.807, 2.05) is 42.5 Å². The zero-order valence-electron chi connectivity index (χ0n) is 15.3. The van der Waals surface area contributed by atoms with Gasteiger partial charge in [-0.1, -0.05) is 54.2 Å². The molecule has 0 aromatic heterocycles. The first kappa shape index (κ1) is 18.3. The second-order valence-corrected chi connectivity index (χ2v) is 7.41. The molecule has 0 amide bonds. The fourth-order valence-electron chi connectivity index (χ4n) is 2.91. The monoisotopic (exact) mass is 390 g/mol. The molecular weight excluding hydrogens is 371 g/mol. The molecule has 1 aliphatic rings. The van der Waals surface area contributed by atoms with E-state index < -0.39 is 0 Å². The number of rotatable bonds is 4. The molecule has 1 heterocycles. The second-order valence-electron chi connectivity index (χ2n) is 6.28. The minimum absolute atomic E-state index is 0.0987. The van der Waals surface area contributed by atoms with Crippen LogP contribution in [-0.4, -0.2) is 12.3 Å². The van der Waals surface area contributed by atoms with Gasteiger partial charge < -0.3 is 10.1 Å². The van der Waals surface area contributed by atoms with E-state index in [9.17, 15) is 4.39 Å². The van der Waals surface area contributed by atoms with Crippen LogP contribution in [0, 0.1) is 5.82 Å². The number of thioether (sulfide) groups is 1. The second kappa shape index (κ2) is 8.31. The molecule has 3 aromatic carbocycles. The zero-order chi connectivity index (χ0) is 19.3. The van der Waals surface area contributed by atoms with E-state index in [2.05, 4.69) is 23.5 Å². The summed E-state index contributed by atoms with van der Waals surface area (Å²) in [5.74, 6) is 0.569. The van der Waals surface area contributed by atoms with E-state index in [4.69, 9.17) is 9.73 Å². The van der Waals surface area contributed by atoms with E-state index >= 15 is 0 Å². The number of hydrogen-bond acceptors (Lipinski definition) is 4. The number of anilines is 1. The largest absolute Gasteiger partial charge is 0.497 e. The van der Waals surface area contributed by atoms with Gasteiger partial charge in [0.15, 0.2) is 5.17 Å². The third-order valence-corrected chi connectivity index (χ3v) is 5.46. The quantitative estimate of drug-likeness (QED) is 0.582. The molecule has 0 saturated carbocycles. The van der Waals surface area contributed by atoms with Crippen LogP contribution in [0.5, 0.6) is 5.75 Å². The molecule has 0 saturated heterocycles. The lowest BCUT2D eigenvalue weighted by molar-refractivity contribution is 0.414. The zero-order valence-corrected chi connectivity index (χ0v) is 16.1. The first-order valence-electron chi connectivity index (χ1n) is 8.90.